The molecular weight excluding hydrogens is 412 g/mol. The van der Waals surface area contributed by atoms with Gasteiger partial charge in [-0.2, -0.15) is 5.10 Å². The van der Waals surface area contributed by atoms with Gasteiger partial charge in [0, 0.05) is 11.3 Å². The number of para-hydroxylation sites is 1. The van der Waals surface area contributed by atoms with Crippen molar-refractivity contribution in [2.75, 3.05) is 10.6 Å². The highest BCUT2D eigenvalue weighted by Crippen LogP contribution is 2.52. The van der Waals surface area contributed by atoms with Crippen LogP contribution in [0.3, 0.4) is 0 Å². The Kier molecular flexibility index (Phi) is 5.16. The molecule has 1 aromatic heterocycles. The fraction of sp³-hybridized carbons (Fsp3) is 0.296. The van der Waals surface area contributed by atoms with Crippen LogP contribution in [0.4, 0.5) is 11.4 Å². The predicted octanol–water partition coefficient (Wildman–Crippen LogP) is 5.28. The lowest BCUT2D eigenvalue weighted by atomic mass is 9.77. The van der Waals surface area contributed by atoms with Gasteiger partial charge in [-0.1, -0.05) is 43.3 Å². The number of hydrogen-bond acceptors (Lipinski definition) is 3. The molecule has 3 aromatic rings. The monoisotopic (exact) mass is 440 g/mol. The van der Waals surface area contributed by atoms with E-state index in [1.807, 2.05) is 61.9 Å². The largest absolute Gasteiger partial charge is 0.326 e. The number of rotatable bonds is 5. The van der Waals surface area contributed by atoms with E-state index in [4.69, 9.17) is 0 Å². The highest BCUT2D eigenvalue weighted by atomic mass is 16.2. The van der Waals surface area contributed by atoms with E-state index in [0.717, 1.165) is 29.9 Å². The first-order valence-corrected chi connectivity index (χ1v) is 11.4. The number of carbonyl (C=O) groups is 2. The number of anilines is 2. The van der Waals surface area contributed by atoms with E-state index < -0.39 is 5.41 Å². The molecule has 1 heterocycles. The topological polar surface area (TPSA) is 76.0 Å². The Morgan fingerprint density at radius 3 is 2.52 bits per heavy atom. The van der Waals surface area contributed by atoms with Gasteiger partial charge in [0.1, 0.15) is 0 Å². The molecule has 2 aliphatic carbocycles. The van der Waals surface area contributed by atoms with Crippen molar-refractivity contribution in [3.8, 4) is 5.69 Å². The maximum absolute atomic E-state index is 13.1. The molecule has 2 aliphatic rings. The molecule has 0 radical (unpaired) electrons. The van der Waals surface area contributed by atoms with Gasteiger partial charge in [-0.25, -0.2) is 4.68 Å². The van der Waals surface area contributed by atoms with Crippen molar-refractivity contribution in [3.05, 3.63) is 83.7 Å². The summed E-state index contributed by atoms with van der Waals surface area (Å²) in [5.41, 5.74) is 3.95. The summed E-state index contributed by atoms with van der Waals surface area (Å²) in [6.45, 7) is 5.86. The first kappa shape index (κ1) is 21.2. The third-order valence-electron chi connectivity index (χ3n) is 7.11. The standard InChI is InChI=1S/C27H28N4O2/c1-17-24(18(2)31(30-17)23-10-5-4-6-11-23)29-25(32)20-8-7-9-22(15-20)28-26(33)27(3)16-19-12-13-21(27)14-19/h4-13,15,19,21H,14,16H2,1-3H3,(H,28,33)(H,29,32)/t19-,21-,27-/m0/s1. The molecule has 1 saturated carbocycles. The van der Waals surface area contributed by atoms with Crippen LogP contribution in [0.25, 0.3) is 5.69 Å². The van der Waals surface area contributed by atoms with Crippen LogP contribution in [-0.4, -0.2) is 21.6 Å². The van der Waals surface area contributed by atoms with Gasteiger partial charge in [-0.05, 0) is 68.9 Å². The van der Waals surface area contributed by atoms with Crippen LogP contribution in [-0.2, 0) is 4.79 Å². The average Bonchev–Trinajstić information content (AvgIpc) is 3.49. The minimum Gasteiger partial charge on any atom is -0.326 e. The Bertz CT molecular complexity index is 1260. The van der Waals surface area contributed by atoms with Gasteiger partial charge < -0.3 is 10.6 Å². The molecule has 2 N–H and O–H groups in total. The third-order valence-corrected chi connectivity index (χ3v) is 7.11. The lowest BCUT2D eigenvalue weighted by Gasteiger charge is -2.29. The Hall–Kier alpha value is -3.67. The summed E-state index contributed by atoms with van der Waals surface area (Å²) in [7, 11) is 0. The van der Waals surface area contributed by atoms with Gasteiger partial charge in [0.15, 0.2) is 0 Å². The quantitative estimate of drug-likeness (QED) is 0.530. The summed E-state index contributed by atoms with van der Waals surface area (Å²) in [6.07, 6.45) is 6.35. The zero-order chi connectivity index (χ0) is 23.2. The normalized spacial score (nSPS) is 23.0. The van der Waals surface area contributed by atoms with Crippen molar-refractivity contribution >= 4 is 23.2 Å². The Morgan fingerprint density at radius 1 is 1.03 bits per heavy atom. The number of nitrogens with one attached hydrogen (secondary N) is 2. The molecule has 0 unspecified atom stereocenters. The second-order valence-electron chi connectivity index (χ2n) is 9.39. The van der Waals surface area contributed by atoms with Crippen molar-refractivity contribution in [1.29, 1.82) is 0 Å². The van der Waals surface area contributed by atoms with Crippen LogP contribution >= 0.6 is 0 Å². The van der Waals surface area contributed by atoms with Gasteiger partial charge in [0.2, 0.25) is 5.91 Å². The average molecular weight is 441 g/mol. The molecule has 6 heteroatoms. The van der Waals surface area contributed by atoms with Gasteiger partial charge in [-0.15, -0.1) is 0 Å². The molecule has 2 bridgehead atoms. The summed E-state index contributed by atoms with van der Waals surface area (Å²) in [5, 5.41) is 10.6. The third kappa shape index (κ3) is 3.75. The fourth-order valence-electron chi connectivity index (χ4n) is 5.20. The van der Waals surface area contributed by atoms with E-state index in [1.165, 1.54) is 0 Å². The molecule has 2 aromatic carbocycles. The summed E-state index contributed by atoms with van der Waals surface area (Å²) >= 11 is 0. The second kappa shape index (κ2) is 8.03. The van der Waals surface area contributed by atoms with Gasteiger partial charge in [0.05, 0.1) is 28.2 Å². The molecule has 1 fully saturated rings. The number of amides is 2. The Balaban J connectivity index is 1.33. The Morgan fingerprint density at radius 2 is 1.82 bits per heavy atom. The number of nitrogens with zero attached hydrogens (tertiary/aromatic N) is 2. The van der Waals surface area contributed by atoms with Crippen LogP contribution in [0.2, 0.25) is 0 Å². The molecule has 0 aliphatic heterocycles. The molecule has 5 rings (SSSR count). The lowest BCUT2D eigenvalue weighted by molar-refractivity contribution is -0.126. The number of aromatic nitrogens is 2. The smallest absolute Gasteiger partial charge is 0.255 e. The van der Waals surface area contributed by atoms with Crippen molar-refractivity contribution in [2.24, 2.45) is 17.3 Å². The molecule has 3 atom stereocenters. The number of benzene rings is 2. The van der Waals surface area contributed by atoms with Crippen molar-refractivity contribution in [2.45, 2.75) is 33.6 Å². The van der Waals surface area contributed by atoms with Crippen molar-refractivity contribution in [1.82, 2.24) is 9.78 Å². The van der Waals surface area contributed by atoms with E-state index in [0.29, 0.717) is 28.8 Å². The maximum atomic E-state index is 13.1. The first-order valence-electron chi connectivity index (χ1n) is 11.4. The summed E-state index contributed by atoms with van der Waals surface area (Å²) < 4.78 is 1.83. The van der Waals surface area contributed by atoms with Crippen molar-refractivity contribution in [3.63, 3.8) is 0 Å². The van der Waals surface area contributed by atoms with E-state index >= 15 is 0 Å². The van der Waals surface area contributed by atoms with E-state index in [-0.39, 0.29) is 11.8 Å². The zero-order valence-electron chi connectivity index (χ0n) is 19.1. The summed E-state index contributed by atoms with van der Waals surface area (Å²) in [4.78, 5) is 26.1. The van der Waals surface area contributed by atoms with Crippen molar-refractivity contribution < 1.29 is 9.59 Å². The minimum atomic E-state index is -0.391. The number of hydrogen-bond donors (Lipinski definition) is 2. The summed E-state index contributed by atoms with van der Waals surface area (Å²) in [6, 6.07) is 16.9. The van der Waals surface area contributed by atoms with Gasteiger partial charge >= 0.3 is 0 Å². The van der Waals surface area contributed by atoms with Crippen LogP contribution < -0.4 is 10.6 Å². The van der Waals surface area contributed by atoms with Crippen LogP contribution in [0, 0.1) is 31.1 Å². The lowest BCUT2D eigenvalue weighted by Crippen LogP contribution is -2.36. The SMILES string of the molecule is Cc1nn(-c2ccccc2)c(C)c1NC(=O)c1cccc(NC(=O)[C@@]2(C)C[C@H]3C=C[C@H]2C3)c1. The van der Waals surface area contributed by atoms with E-state index in [1.54, 1.807) is 18.2 Å². The number of carbonyl (C=O) groups excluding carboxylic acids is 2. The van der Waals surface area contributed by atoms with Crippen LogP contribution in [0.1, 0.15) is 41.5 Å². The van der Waals surface area contributed by atoms with E-state index in [2.05, 4.69) is 27.9 Å². The van der Waals surface area contributed by atoms with Gasteiger partial charge in [-0.3, -0.25) is 9.59 Å². The molecule has 6 nitrogen and oxygen atoms in total. The maximum Gasteiger partial charge on any atom is 0.255 e. The molecular formula is C27H28N4O2. The Labute approximate surface area is 193 Å². The summed E-state index contributed by atoms with van der Waals surface area (Å²) in [5.74, 6) is 0.582. The first-order chi connectivity index (χ1) is 15.8. The molecule has 0 spiro atoms. The number of aryl methyl sites for hydroxylation is 1. The second-order valence-corrected chi connectivity index (χ2v) is 9.39. The molecule has 2 amide bonds. The molecule has 0 saturated heterocycles. The van der Waals surface area contributed by atoms with Gasteiger partial charge in [0.25, 0.3) is 5.91 Å². The molecule has 168 valence electrons. The van der Waals surface area contributed by atoms with Crippen LogP contribution in [0.5, 0.6) is 0 Å². The van der Waals surface area contributed by atoms with E-state index in [9.17, 15) is 9.59 Å². The fourth-order valence-corrected chi connectivity index (χ4v) is 5.20. The minimum absolute atomic E-state index is 0.0211. The number of fused-ring (bicyclic) bond motifs is 2. The number of allylic oxidation sites excluding steroid dienone is 2. The highest BCUT2D eigenvalue weighted by molar-refractivity contribution is 6.06. The zero-order valence-corrected chi connectivity index (χ0v) is 19.1. The van der Waals surface area contributed by atoms with Crippen LogP contribution in [0.15, 0.2) is 66.7 Å². The molecule has 33 heavy (non-hydrogen) atoms. The highest BCUT2D eigenvalue weighted by Gasteiger charge is 2.49. The predicted molar refractivity (Wildman–Crippen MR) is 130 cm³/mol.